The van der Waals surface area contributed by atoms with E-state index in [0.29, 0.717) is 24.7 Å². The summed E-state index contributed by atoms with van der Waals surface area (Å²) in [6, 6.07) is 7.05. The lowest BCUT2D eigenvalue weighted by Gasteiger charge is -2.14. The second kappa shape index (κ2) is 8.74. The summed E-state index contributed by atoms with van der Waals surface area (Å²) in [5, 5.41) is 12.1. The van der Waals surface area contributed by atoms with Crippen molar-refractivity contribution < 1.29 is 14.6 Å². The van der Waals surface area contributed by atoms with Crippen molar-refractivity contribution in [1.29, 1.82) is 0 Å². The molecule has 0 radical (unpaired) electrons. The van der Waals surface area contributed by atoms with Gasteiger partial charge in [0.05, 0.1) is 19.7 Å². The first-order chi connectivity index (χ1) is 9.11. The average molecular weight is 287 g/mol. The van der Waals surface area contributed by atoms with Gasteiger partial charge in [0.15, 0.2) is 0 Å². The van der Waals surface area contributed by atoms with Crippen LogP contribution in [0.3, 0.4) is 0 Å². The summed E-state index contributed by atoms with van der Waals surface area (Å²) in [4.78, 5) is 13.2. The van der Waals surface area contributed by atoms with Gasteiger partial charge in [0.25, 0.3) is 0 Å². The zero-order chi connectivity index (χ0) is 14.1. The molecule has 0 unspecified atom stereocenters. The molecule has 0 aliphatic carbocycles. The van der Waals surface area contributed by atoms with E-state index in [9.17, 15) is 4.79 Å². The van der Waals surface area contributed by atoms with Gasteiger partial charge in [-0.1, -0.05) is 11.6 Å². The molecule has 0 fully saturated rings. The van der Waals surface area contributed by atoms with Gasteiger partial charge in [-0.05, 0) is 31.3 Å². The second-order valence-electron chi connectivity index (χ2n) is 4.11. The number of hydrogen-bond donors (Lipinski definition) is 2. The van der Waals surface area contributed by atoms with Crippen LogP contribution >= 0.6 is 11.6 Å². The van der Waals surface area contributed by atoms with Crippen molar-refractivity contribution in [2.45, 2.75) is 0 Å². The summed E-state index contributed by atoms with van der Waals surface area (Å²) in [6.07, 6.45) is 0. The quantitative estimate of drug-likeness (QED) is 0.693. The summed E-state index contributed by atoms with van der Waals surface area (Å²) < 4.78 is 5.44. The van der Waals surface area contributed by atoms with Crippen LogP contribution in [0.4, 0.5) is 0 Å². The fourth-order valence-corrected chi connectivity index (χ4v) is 1.57. The summed E-state index contributed by atoms with van der Waals surface area (Å²) in [5.41, 5.74) is 0. The Balaban J connectivity index is 2.13. The molecule has 0 aromatic heterocycles. The van der Waals surface area contributed by atoms with E-state index in [1.54, 1.807) is 36.2 Å². The van der Waals surface area contributed by atoms with Crippen molar-refractivity contribution >= 4 is 17.5 Å². The van der Waals surface area contributed by atoms with Gasteiger partial charge < -0.3 is 15.2 Å². The number of aliphatic hydroxyl groups excluding tert-OH is 1. The maximum atomic E-state index is 11.5. The Morgan fingerprint density at radius 1 is 1.42 bits per heavy atom. The van der Waals surface area contributed by atoms with E-state index in [0.717, 1.165) is 5.75 Å². The Hall–Kier alpha value is -1.30. The molecule has 6 heteroatoms. The lowest BCUT2D eigenvalue weighted by molar-refractivity contribution is -0.122. The third kappa shape index (κ3) is 7.00. The molecule has 1 amide bonds. The van der Waals surface area contributed by atoms with Crippen LogP contribution in [0.2, 0.25) is 5.02 Å². The van der Waals surface area contributed by atoms with Crippen molar-refractivity contribution in [3.05, 3.63) is 29.3 Å². The van der Waals surface area contributed by atoms with Crippen LogP contribution in [-0.2, 0) is 4.79 Å². The van der Waals surface area contributed by atoms with Crippen LogP contribution in [0.1, 0.15) is 0 Å². The summed E-state index contributed by atoms with van der Waals surface area (Å²) in [5.74, 6) is 0.631. The van der Waals surface area contributed by atoms with E-state index in [1.165, 1.54) is 0 Å². The first kappa shape index (κ1) is 15.8. The van der Waals surface area contributed by atoms with Gasteiger partial charge in [0.2, 0.25) is 5.91 Å². The van der Waals surface area contributed by atoms with Gasteiger partial charge in [-0.2, -0.15) is 0 Å². The number of nitrogens with zero attached hydrogens (tertiary/aromatic N) is 1. The molecule has 1 rings (SSSR count). The number of carbonyl (C=O) groups is 1. The van der Waals surface area contributed by atoms with E-state index < -0.39 is 0 Å². The highest BCUT2D eigenvalue weighted by atomic mass is 35.5. The number of hydrogen-bond acceptors (Lipinski definition) is 4. The van der Waals surface area contributed by atoms with Gasteiger partial charge in [-0.3, -0.25) is 9.69 Å². The minimum absolute atomic E-state index is 0.0451. The molecule has 0 spiro atoms. The maximum absolute atomic E-state index is 11.5. The minimum Gasteiger partial charge on any atom is -0.492 e. The van der Waals surface area contributed by atoms with E-state index in [4.69, 9.17) is 21.4 Å². The molecule has 0 bridgehead atoms. The Bertz CT molecular complexity index is 384. The molecule has 0 saturated heterocycles. The number of ether oxygens (including phenoxy) is 1. The lowest BCUT2D eigenvalue weighted by Crippen LogP contribution is -2.38. The van der Waals surface area contributed by atoms with Crippen molar-refractivity contribution in [3.8, 4) is 5.75 Å². The minimum atomic E-state index is -0.0874. The number of benzene rings is 1. The molecule has 0 aliphatic heterocycles. The molecule has 0 atom stereocenters. The van der Waals surface area contributed by atoms with Crippen LogP contribution in [0.15, 0.2) is 24.3 Å². The number of aliphatic hydroxyl groups is 1. The zero-order valence-corrected chi connectivity index (χ0v) is 11.7. The average Bonchev–Trinajstić information content (AvgIpc) is 2.37. The van der Waals surface area contributed by atoms with E-state index in [1.807, 2.05) is 0 Å². The fourth-order valence-electron chi connectivity index (χ4n) is 1.44. The van der Waals surface area contributed by atoms with E-state index in [-0.39, 0.29) is 19.1 Å². The fraction of sp³-hybridized carbons (Fsp3) is 0.462. The second-order valence-corrected chi connectivity index (χ2v) is 4.55. The largest absolute Gasteiger partial charge is 0.492 e. The molecule has 1 aromatic rings. The molecule has 5 nitrogen and oxygen atoms in total. The number of likely N-dealkylation sites (N-methyl/N-ethyl adjacent to an activating group) is 1. The number of carbonyl (C=O) groups excluding carboxylic acids is 1. The van der Waals surface area contributed by atoms with Gasteiger partial charge in [0.1, 0.15) is 12.4 Å². The molecule has 0 saturated carbocycles. The first-order valence-electron chi connectivity index (χ1n) is 6.06. The van der Waals surface area contributed by atoms with Gasteiger partial charge in [-0.15, -0.1) is 0 Å². The Labute approximate surface area is 118 Å². The van der Waals surface area contributed by atoms with Crippen LogP contribution in [0.5, 0.6) is 5.75 Å². The van der Waals surface area contributed by atoms with Crippen molar-refractivity contribution in [2.75, 3.05) is 39.9 Å². The predicted molar refractivity (Wildman–Crippen MR) is 74.5 cm³/mol. The predicted octanol–water partition coefficient (Wildman–Crippen LogP) is 0.759. The van der Waals surface area contributed by atoms with Crippen molar-refractivity contribution in [2.24, 2.45) is 0 Å². The molecule has 1 aromatic carbocycles. The highest BCUT2D eigenvalue weighted by Gasteiger charge is 2.04. The van der Waals surface area contributed by atoms with Crippen LogP contribution < -0.4 is 10.1 Å². The molecule has 2 N–H and O–H groups in total. The maximum Gasteiger partial charge on any atom is 0.234 e. The van der Waals surface area contributed by atoms with Crippen LogP contribution in [0, 0.1) is 0 Å². The first-order valence-corrected chi connectivity index (χ1v) is 6.44. The van der Waals surface area contributed by atoms with Gasteiger partial charge in [-0.25, -0.2) is 0 Å². The third-order valence-corrected chi connectivity index (χ3v) is 2.65. The number of amides is 1. The number of rotatable bonds is 8. The smallest absolute Gasteiger partial charge is 0.234 e. The normalized spacial score (nSPS) is 10.5. The van der Waals surface area contributed by atoms with E-state index in [2.05, 4.69) is 5.32 Å². The molecular formula is C13H19ClN2O3. The van der Waals surface area contributed by atoms with Crippen molar-refractivity contribution in [3.63, 3.8) is 0 Å². The molecular weight excluding hydrogens is 268 g/mol. The van der Waals surface area contributed by atoms with Gasteiger partial charge >= 0.3 is 0 Å². The molecule has 106 valence electrons. The molecule has 0 aliphatic rings. The summed E-state index contributed by atoms with van der Waals surface area (Å²) in [6.45, 7) is 1.63. The monoisotopic (exact) mass is 286 g/mol. The molecule has 19 heavy (non-hydrogen) atoms. The van der Waals surface area contributed by atoms with E-state index >= 15 is 0 Å². The lowest BCUT2D eigenvalue weighted by atomic mass is 10.3. The zero-order valence-electron chi connectivity index (χ0n) is 10.9. The Morgan fingerprint density at radius 2 is 2.11 bits per heavy atom. The SMILES string of the molecule is CN(CCO)CC(=O)NCCOc1ccc(Cl)cc1. The van der Waals surface area contributed by atoms with Crippen LogP contribution in [0.25, 0.3) is 0 Å². The Kier molecular flexibility index (Phi) is 7.25. The third-order valence-electron chi connectivity index (χ3n) is 2.40. The highest BCUT2D eigenvalue weighted by molar-refractivity contribution is 6.30. The topological polar surface area (TPSA) is 61.8 Å². The van der Waals surface area contributed by atoms with Gasteiger partial charge in [0, 0.05) is 11.6 Å². The Morgan fingerprint density at radius 3 is 2.74 bits per heavy atom. The molecule has 0 heterocycles. The number of halogens is 1. The summed E-state index contributed by atoms with van der Waals surface area (Å²) in [7, 11) is 1.78. The van der Waals surface area contributed by atoms with Crippen LogP contribution in [-0.4, -0.2) is 55.8 Å². The van der Waals surface area contributed by atoms with Crippen molar-refractivity contribution in [1.82, 2.24) is 10.2 Å². The highest BCUT2D eigenvalue weighted by Crippen LogP contribution is 2.14. The number of nitrogens with one attached hydrogen (secondary N) is 1. The summed E-state index contributed by atoms with van der Waals surface area (Å²) >= 11 is 5.75. The standard InChI is InChI=1S/C13H19ClN2O3/c1-16(7-8-17)10-13(18)15-6-9-19-12-4-2-11(14)3-5-12/h2-5,17H,6-10H2,1H3,(H,15,18).